The third-order valence-corrected chi connectivity index (χ3v) is 1.75. The molecule has 0 aliphatic heterocycles. The molecule has 0 atom stereocenters. The molecule has 0 spiro atoms. The molecule has 18 heavy (non-hydrogen) atoms. The van der Waals surface area contributed by atoms with E-state index in [-0.39, 0.29) is 29.4 Å². The van der Waals surface area contributed by atoms with Crippen LogP contribution in [0.4, 0.5) is 17.3 Å². The van der Waals surface area contributed by atoms with Crippen LogP contribution in [-0.2, 0) is 14.4 Å². The van der Waals surface area contributed by atoms with Crippen LogP contribution >= 0.6 is 0 Å². The molecule has 0 fully saturated rings. The Labute approximate surface area is 104 Å². The molecular weight excluding hydrogens is 236 g/mol. The van der Waals surface area contributed by atoms with Gasteiger partial charge in [0.05, 0.1) is 0 Å². The third-order valence-electron chi connectivity index (χ3n) is 1.75. The van der Waals surface area contributed by atoms with E-state index in [9.17, 15) is 14.4 Å². The second-order valence-corrected chi connectivity index (χ2v) is 3.67. The van der Waals surface area contributed by atoms with Gasteiger partial charge in [-0.25, -0.2) is 4.98 Å². The lowest BCUT2D eigenvalue weighted by molar-refractivity contribution is -0.115. The Kier molecular flexibility index (Phi) is 4.36. The van der Waals surface area contributed by atoms with E-state index in [4.69, 9.17) is 0 Å². The number of hydrogen-bond acceptors (Lipinski definition) is 4. The predicted molar refractivity (Wildman–Crippen MR) is 67.1 cm³/mol. The van der Waals surface area contributed by atoms with Crippen LogP contribution in [0.25, 0.3) is 0 Å². The van der Waals surface area contributed by atoms with E-state index in [0.717, 1.165) is 0 Å². The van der Waals surface area contributed by atoms with Crippen molar-refractivity contribution in [3.8, 4) is 0 Å². The summed E-state index contributed by atoms with van der Waals surface area (Å²) in [5, 5.41) is 7.51. The summed E-state index contributed by atoms with van der Waals surface area (Å²) in [7, 11) is 0. The lowest BCUT2D eigenvalue weighted by atomic mass is 10.3. The molecule has 96 valence electrons. The van der Waals surface area contributed by atoms with Gasteiger partial charge in [0.2, 0.25) is 17.7 Å². The fourth-order valence-corrected chi connectivity index (χ4v) is 1.29. The summed E-state index contributed by atoms with van der Waals surface area (Å²) in [6, 6.07) is 2.99. The normalized spacial score (nSPS) is 9.50. The first-order valence-electron chi connectivity index (χ1n) is 5.21. The molecule has 0 aromatic carbocycles. The van der Waals surface area contributed by atoms with E-state index < -0.39 is 0 Å². The Bertz CT molecular complexity index is 415. The zero-order valence-corrected chi connectivity index (χ0v) is 10.3. The Hall–Kier alpha value is -2.44. The quantitative estimate of drug-likeness (QED) is 0.743. The van der Waals surface area contributed by atoms with Crippen molar-refractivity contribution in [3.63, 3.8) is 0 Å². The second-order valence-electron chi connectivity index (χ2n) is 3.67. The van der Waals surface area contributed by atoms with Crippen LogP contribution in [0.5, 0.6) is 0 Å². The first kappa shape index (κ1) is 13.6. The van der Waals surface area contributed by atoms with Crippen molar-refractivity contribution < 1.29 is 14.4 Å². The van der Waals surface area contributed by atoms with E-state index in [2.05, 4.69) is 20.9 Å². The molecule has 0 aliphatic rings. The van der Waals surface area contributed by atoms with Gasteiger partial charge in [0.1, 0.15) is 11.6 Å². The first-order chi connectivity index (χ1) is 8.36. The molecule has 1 heterocycles. The molecular formula is C11H14N4O3. The van der Waals surface area contributed by atoms with Crippen LogP contribution in [0.1, 0.15) is 20.8 Å². The van der Waals surface area contributed by atoms with Gasteiger partial charge in [0.15, 0.2) is 0 Å². The van der Waals surface area contributed by atoms with Crippen molar-refractivity contribution >= 4 is 35.0 Å². The third kappa shape index (κ3) is 4.60. The maximum absolute atomic E-state index is 11.0. The van der Waals surface area contributed by atoms with Gasteiger partial charge in [0.25, 0.3) is 0 Å². The second kappa shape index (κ2) is 5.76. The highest BCUT2D eigenvalue weighted by Crippen LogP contribution is 2.18. The maximum atomic E-state index is 11.0. The van der Waals surface area contributed by atoms with Gasteiger partial charge in [-0.3, -0.25) is 14.4 Å². The van der Waals surface area contributed by atoms with E-state index >= 15 is 0 Å². The Balaban J connectivity index is 3.06. The molecule has 7 nitrogen and oxygen atoms in total. The number of pyridine rings is 1. The summed E-state index contributed by atoms with van der Waals surface area (Å²) >= 11 is 0. The number of hydrogen-bond donors (Lipinski definition) is 3. The number of amides is 3. The summed E-state index contributed by atoms with van der Waals surface area (Å²) in [5.74, 6) is -0.355. The lowest BCUT2D eigenvalue weighted by Gasteiger charge is -2.09. The smallest absolute Gasteiger partial charge is 0.222 e. The van der Waals surface area contributed by atoms with Gasteiger partial charge in [-0.2, -0.15) is 0 Å². The number of anilines is 3. The maximum Gasteiger partial charge on any atom is 0.222 e. The molecule has 1 rings (SSSR count). The largest absolute Gasteiger partial charge is 0.326 e. The molecule has 1 aromatic rings. The summed E-state index contributed by atoms with van der Waals surface area (Å²) in [6.45, 7) is 4.03. The Morgan fingerprint density at radius 1 is 0.833 bits per heavy atom. The van der Waals surface area contributed by atoms with Gasteiger partial charge in [-0.1, -0.05) is 0 Å². The standard InChI is InChI=1S/C11H14N4O3/c1-6(16)12-9-4-10(13-7(2)17)15-11(5-9)14-8(3)18/h4-5H,1-3H3,(H3,12,13,14,15,16,17,18). The summed E-state index contributed by atoms with van der Waals surface area (Å²) in [5.41, 5.74) is 0.435. The minimum absolute atomic E-state index is 0.248. The van der Waals surface area contributed by atoms with Crippen molar-refractivity contribution in [3.05, 3.63) is 12.1 Å². The summed E-state index contributed by atoms with van der Waals surface area (Å²) in [4.78, 5) is 36.9. The molecule has 0 aliphatic carbocycles. The van der Waals surface area contributed by atoms with Crippen LogP contribution < -0.4 is 16.0 Å². The van der Waals surface area contributed by atoms with E-state index in [1.807, 2.05) is 0 Å². The summed E-state index contributed by atoms with van der Waals surface area (Å²) < 4.78 is 0. The first-order valence-corrected chi connectivity index (χ1v) is 5.21. The molecule has 0 unspecified atom stereocenters. The molecule has 0 bridgehead atoms. The number of carbonyl (C=O) groups is 3. The fraction of sp³-hybridized carbons (Fsp3) is 0.273. The van der Waals surface area contributed by atoms with Crippen LogP contribution in [0, 0.1) is 0 Å². The van der Waals surface area contributed by atoms with Crippen LogP contribution in [-0.4, -0.2) is 22.7 Å². The predicted octanol–water partition coefficient (Wildman–Crippen LogP) is 0.957. The summed E-state index contributed by atoms with van der Waals surface area (Å²) in [6.07, 6.45) is 0. The molecule has 7 heteroatoms. The zero-order valence-electron chi connectivity index (χ0n) is 10.3. The van der Waals surface area contributed by atoms with Crippen LogP contribution in [0.3, 0.4) is 0 Å². The van der Waals surface area contributed by atoms with Crippen molar-refractivity contribution in [1.29, 1.82) is 0 Å². The monoisotopic (exact) mass is 250 g/mol. The minimum Gasteiger partial charge on any atom is -0.326 e. The average molecular weight is 250 g/mol. The number of nitrogens with one attached hydrogen (secondary N) is 3. The van der Waals surface area contributed by atoms with Gasteiger partial charge in [0, 0.05) is 38.6 Å². The molecule has 0 saturated carbocycles. The Morgan fingerprint density at radius 2 is 1.22 bits per heavy atom. The van der Waals surface area contributed by atoms with E-state index in [0.29, 0.717) is 5.69 Å². The number of nitrogens with zero attached hydrogens (tertiary/aromatic N) is 1. The van der Waals surface area contributed by atoms with Crippen molar-refractivity contribution in [2.45, 2.75) is 20.8 Å². The minimum atomic E-state index is -0.295. The Morgan fingerprint density at radius 3 is 1.56 bits per heavy atom. The zero-order chi connectivity index (χ0) is 13.7. The van der Waals surface area contributed by atoms with E-state index in [1.54, 1.807) is 0 Å². The lowest BCUT2D eigenvalue weighted by Crippen LogP contribution is -2.13. The molecule has 3 N–H and O–H groups in total. The topological polar surface area (TPSA) is 100 Å². The highest BCUT2D eigenvalue weighted by Gasteiger charge is 2.06. The molecule has 1 aromatic heterocycles. The van der Waals surface area contributed by atoms with Crippen molar-refractivity contribution in [2.75, 3.05) is 16.0 Å². The molecule has 0 saturated heterocycles. The molecule has 3 amide bonds. The SMILES string of the molecule is CC(=O)Nc1cc(NC(C)=O)nc(NC(C)=O)c1. The van der Waals surface area contributed by atoms with Gasteiger partial charge >= 0.3 is 0 Å². The fourth-order valence-electron chi connectivity index (χ4n) is 1.29. The average Bonchev–Trinajstić information content (AvgIpc) is 2.12. The number of aromatic nitrogens is 1. The van der Waals surface area contributed by atoms with Crippen LogP contribution in [0.15, 0.2) is 12.1 Å². The number of rotatable bonds is 3. The van der Waals surface area contributed by atoms with Gasteiger partial charge in [-0.15, -0.1) is 0 Å². The van der Waals surface area contributed by atoms with Gasteiger partial charge < -0.3 is 16.0 Å². The van der Waals surface area contributed by atoms with Gasteiger partial charge in [-0.05, 0) is 0 Å². The van der Waals surface area contributed by atoms with E-state index in [1.165, 1.54) is 32.9 Å². The van der Waals surface area contributed by atoms with Crippen molar-refractivity contribution in [1.82, 2.24) is 4.98 Å². The van der Waals surface area contributed by atoms with Crippen LogP contribution in [0.2, 0.25) is 0 Å². The molecule has 0 radical (unpaired) electrons. The highest BCUT2D eigenvalue weighted by atomic mass is 16.2. The highest BCUT2D eigenvalue weighted by molar-refractivity contribution is 5.94. The number of carbonyl (C=O) groups excluding carboxylic acids is 3. The van der Waals surface area contributed by atoms with Crippen molar-refractivity contribution in [2.24, 2.45) is 0 Å².